The molecule has 0 fully saturated rings. The van der Waals surface area contributed by atoms with Gasteiger partial charge in [-0.25, -0.2) is 4.79 Å². The molecule has 0 saturated carbocycles. The van der Waals surface area contributed by atoms with Crippen molar-refractivity contribution in [2.24, 2.45) is 0 Å². The van der Waals surface area contributed by atoms with Crippen LogP contribution >= 0.6 is 0 Å². The van der Waals surface area contributed by atoms with Crippen molar-refractivity contribution in [2.75, 3.05) is 13.2 Å². The molecule has 0 spiro atoms. The zero-order valence-electron chi connectivity index (χ0n) is 21.4. The van der Waals surface area contributed by atoms with Crippen molar-refractivity contribution in [1.29, 1.82) is 0 Å². The maximum atomic E-state index is 13.6. The average Bonchev–Trinajstić information content (AvgIpc) is 3.11. The number of fused-ring (bicyclic) bond motifs is 1. The lowest BCUT2D eigenvalue weighted by molar-refractivity contribution is -0.144. The summed E-state index contributed by atoms with van der Waals surface area (Å²) in [6, 6.07) is 25.6. The molecule has 1 amide bonds. The molecule has 5 nitrogen and oxygen atoms in total. The minimum atomic E-state index is -1.16. The summed E-state index contributed by atoms with van der Waals surface area (Å²) in [5.41, 5.74) is 3.65. The van der Waals surface area contributed by atoms with Crippen LogP contribution in [0.1, 0.15) is 60.3 Å². The molecule has 0 radical (unpaired) electrons. The van der Waals surface area contributed by atoms with Crippen molar-refractivity contribution in [3.05, 3.63) is 119 Å². The molecule has 36 heavy (non-hydrogen) atoms. The number of hydrogen-bond donors (Lipinski definition) is 0. The number of rotatable bonds is 8. The summed E-state index contributed by atoms with van der Waals surface area (Å²) in [5, 5.41) is 0. The fraction of sp³-hybridized carbons (Fsp3) is 0.290. The van der Waals surface area contributed by atoms with Crippen LogP contribution in [0.25, 0.3) is 0 Å². The highest BCUT2D eigenvalue weighted by molar-refractivity contribution is 6.00. The topological polar surface area (TPSA) is 55.8 Å². The first kappa shape index (κ1) is 25.4. The monoisotopic (exact) mass is 483 g/mol. The Morgan fingerprint density at radius 1 is 0.944 bits per heavy atom. The molecule has 1 unspecified atom stereocenters. The Hall–Kier alpha value is -3.70. The van der Waals surface area contributed by atoms with Crippen LogP contribution in [0, 0.1) is 0 Å². The van der Waals surface area contributed by atoms with E-state index >= 15 is 0 Å². The van der Waals surface area contributed by atoms with E-state index in [1.54, 1.807) is 11.8 Å². The van der Waals surface area contributed by atoms with Crippen LogP contribution in [0.4, 0.5) is 0 Å². The van der Waals surface area contributed by atoms with Crippen molar-refractivity contribution >= 4 is 11.9 Å². The zero-order valence-corrected chi connectivity index (χ0v) is 21.4. The standard InChI is InChI=1S/C31H33NO4/c1-22(2)29(34)35-20-19-32-28(33)26-13-9-10-14-27(26)31(32,25-11-7-6-8-12-25)36-21-23-15-17-24(18-16-23)30(3,4)5/h6-18H,1,19-21H2,2-5H3. The lowest BCUT2D eigenvalue weighted by Crippen LogP contribution is -2.48. The largest absolute Gasteiger partial charge is 0.460 e. The van der Waals surface area contributed by atoms with Gasteiger partial charge < -0.3 is 9.47 Å². The van der Waals surface area contributed by atoms with Gasteiger partial charge in [-0.1, -0.05) is 100 Å². The number of amides is 1. The molecular formula is C31H33NO4. The third-order valence-corrected chi connectivity index (χ3v) is 6.48. The predicted molar refractivity (Wildman–Crippen MR) is 140 cm³/mol. The average molecular weight is 484 g/mol. The molecule has 0 saturated heterocycles. The van der Waals surface area contributed by atoms with Gasteiger partial charge in [0.1, 0.15) is 6.61 Å². The molecule has 3 aromatic carbocycles. The van der Waals surface area contributed by atoms with Gasteiger partial charge in [0, 0.05) is 22.3 Å². The Labute approximate surface area is 213 Å². The summed E-state index contributed by atoms with van der Waals surface area (Å²) >= 11 is 0. The SMILES string of the molecule is C=C(C)C(=O)OCCN1C(=O)c2ccccc2C1(OCc1ccc(C(C)(C)C)cc1)c1ccccc1. The zero-order chi connectivity index (χ0) is 25.9. The molecule has 0 aromatic heterocycles. The Bertz CT molecular complexity index is 1260. The van der Waals surface area contributed by atoms with E-state index in [1.807, 2.05) is 54.6 Å². The molecule has 1 aliphatic heterocycles. The summed E-state index contributed by atoms with van der Waals surface area (Å²) in [7, 11) is 0. The minimum absolute atomic E-state index is 0.0314. The number of benzene rings is 3. The highest BCUT2D eigenvalue weighted by atomic mass is 16.5. The van der Waals surface area contributed by atoms with Crippen molar-refractivity contribution in [1.82, 2.24) is 4.90 Å². The molecule has 0 N–H and O–H groups in total. The molecule has 186 valence electrons. The van der Waals surface area contributed by atoms with Crippen LogP contribution in [0.15, 0.2) is 91.0 Å². The number of carbonyl (C=O) groups excluding carboxylic acids is 2. The van der Waals surface area contributed by atoms with Crippen molar-refractivity contribution in [3.8, 4) is 0 Å². The quantitative estimate of drug-likeness (QED) is 0.292. The van der Waals surface area contributed by atoms with Crippen LogP contribution in [0.5, 0.6) is 0 Å². The van der Waals surface area contributed by atoms with Crippen LogP contribution in [-0.4, -0.2) is 29.9 Å². The minimum Gasteiger partial charge on any atom is -0.460 e. The fourth-order valence-electron chi connectivity index (χ4n) is 4.51. The Balaban J connectivity index is 1.72. The highest BCUT2D eigenvalue weighted by Gasteiger charge is 2.52. The summed E-state index contributed by atoms with van der Waals surface area (Å²) in [6.45, 7) is 12.3. The lowest BCUT2D eigenvalue weighted by atomic mass is 9.87. The maximum absolute atomic E-state index is 13.6. The van der Waals surface area contributed by atoms with Gasteiger partial charge in [0.05, 0.1) is 13.2 Å². The predicted octanol–water partition coefficient (Wildman–Crippen LogP) is 5.98. The van der Waals surface area contributed by atoms with E-state index < -0.39 is 11.7 Å². The van der Waals surface area contributed by atoms with E-state index in [-0.39, 0.29) is 24.5 Å². The third-order valence-electron chi connectivity index (χ3n) is 6.48. The van der Waals surface area contributed by atoms with Gasteiger partial charge in [-0.2, -0.15) is 0 Å². The maximum Gasteiger partial charge on any atom is 0.333 e. The highest BCUT2D eigenvalue weighted by Crippen LogP contribution is 2.45. The molecule has 5 heteroatoms. The van der Waals surface area contributed by atoms with E-state index in [0.29, 0.717) is 17.7 Å². The van der Waals surface area contributed by atoms with Gasteiger partial charge in [-0.3, -0.25) is 9.69 Å². The molecule has 1 aliphatic rings. The number of nitrogens with zero attached hydrogens (tertiary/aromatic N) is 1. The van der Waals surface area contributed by atoms with E-state index in [1.165, 1.54) is 5.56 Å². The third kappa shape index (κ3) is 4.84. The molecule has 0 bridgehead atoms. The van der Waals surface area contributed by atoms with Gasteiger partial charge in [-0.05, 0) is 29.5 Å². The van der Waals surface area contributed by atoms with Gasteiger partial charge >= 0.3 is 5.97 Å². The first-order valence-corrected chi connectivity index (χ1v) is 12.2. The summed E-state index contributed by atoms with van der Waals surface area (Å²) < 4.78 is 12.1. The normalized spacial score (nSPS) is 17.1. The summed E-state index contributed by atoms with van der Waals surface area (Å²) in [6.07, 6.45) is 0. The van der Waals surface area contributed by atoms with Gasteiger partial charge in [0.25, 0.3) is 5.91 Å². The Morgan fingerprint density at radius 3 is 2.22 bits per heavy atom. The second-order valence-corrected chi connectivity index (χ2v) is 10.2. The van der Waals surface area contributed by atoms with Crippen molar-refractivity contribution in [3.63, 3.8) is 0 Å². The van der Waals surface area contributed by atoms with Crippen molar-refractivity contribution < 1.29 is 19.1 Å². The molecular weight excluding hydrogens is 450 g/mol. The van der Waals surface area contributed by atoms with E-state index in [2.05, 4.69) is 51.6 Å². The summed E-state index contributed by atoms with van der Waals surface area (Å²) in [4.78, 5) is 27.3. The first-order valence-electron chi connectivity index (χ1n) is 12.2. The Morgan fingerprint density at radius 2 is 1.58 bits per heavy atom. The van der Waals surface area contributed by atoms with Crippen LogP contribution in [-0.2, 0) is 32.0 Å². The Kier molecular flexibility index (Phi) is 7.14. The van der Waals surface area contributed by atoms with Gasteiger partial charge in [-0.15, -0.1) is 0 Å². The second kappa shape index (κ2) is 10.1. The molecule has 1 heterocycles. The van der Waals surface area contributed by atoms with Gasteiger partial charge in [0.2, 0.25) is 0 Å². The van der Waals surface area contributed by atoms with E-state index in [0.717, 1.165) is 16.7 Å². The second-order valence-electron chi connectivity index (χ2n) is 10.2. The van der Waals surface area contributed by atoms with E-state index in [4.69, 9.17) is 9.47 Å². The number of hydrogen-bond acceptors (Lipinski definition) is 4. The molecule has 0 aliphatic carbocycles. The smallest absolute Gasteiger partial charge is 0.333 e. The number of ether oxygens (including phenoxy) is 2. The molecule has 1 atom stereocenters. The fourth-order valence-corrected chi connectivity index (χ4v) is 4.51. The van der Waals surface area contributed by atoms with Crippen molar-refractivity contribution in [2.45, 2.75) is 45.4 Å². The van der Waals surface area contributed by atoms with E-state index in [9.17, 15) is 9.59 Å². The lowest BCUT2D eigenvalue weighted by Gasteiger charge is -2.39. The number of carbonyl (C=O) groups is 2. The van der Waals surface area contributed by atoms with Crippen LogP contribution in [0.2, 0.25) is 0 Å². The first-order chi connectivity index (χ1) is 17.1. The number of esters is 1. The van der Waals surface area contributed by atoms with Crippen LogP contribution < -0.4 is 0 Å². The summed E-state index contributed by atoms with van der Waals surface area (Å²) in [5.74, 6) is -0.645. The molecule has 3 aromatic rings. The van der Waals surface area contributed by atoms with Crippen LogP contribution in [0.3, 0.4) is 0 Å². The van der Waals surface area contributed by atoms with Gasteiger partial charge in [0.15, 0.2) is 5.72 Å². The molecule has 4 rings (SSSR count).